The number of halogens is 2. The van der Waals surface area contributed by atoms with E-state index in [1.807, 2.05) is 6.07 Å². The number of hydrogen-bond donors (Lipinski definition) is 2. The average Bonchev–Trinajstić information content (AvgIpc) is 2.56. The van der Waals surface area contributed by atoms with E-state index in [-0.39, 0.29) is 30.7 Å². The molecule has 2 rings (SSSR count). The second kappa shape index (κ2) is 13.3. The topological polar surface area (TPSA) is 58.4 Å². The van der Waals surface area contributed by atoms with Gasteiger partial charge in [-0.1, -0.05) is 31.0 Å². The molecule has 0 aromatic heterocycles. The van der Waals surface area contributed by atoms with Crippen LogP contribution in [0.25, 0.3) is 0 Å². The largest absolute Gasteiger partial charge is 0.371 e. The summed E-state index contributed by atoms with van der Waals surface area (Å²) >= 11 is 0. The number of amides is 1. The molecule has 0 atom stereocenters. The number of carbonyl (C=O) groups is 1. The van der Waals surface area contributed by atoms with Crippen molar-refractivity contribution in [3.63, 3.8) is 0 Å². The van der Waals surface area contributed by atoms with Crippen molar-refractivity contribution in [1.82, 2.24) is 5.32 Å². The second-order valence-electron chi connectivity index (χ2n) is 6.12. The minimum Gasteiger partial charge on any atom is -0.371 e. The normalized spacial score (nSPS) is 14.5. The van der Waals surface area contributed by atoms with Crippen LogP contribution in [-0.4, -0.2) is 31.6 Å². The Morgan fingerprint density at radius 2 is 1.67 bits per heavy atom. The maximum atomic E-state index is 11.9. The monoisotopic (exact) mass is 375 g/mol. The third-order valence-corrected chi connectivity index (χ3v) is 4.34. The molecule has 0 saturated carbocycles. The first kappa shape index (κ1) is 23.0. The van der Waals surface area contributed by atoms with Crippen molar-refractivity contribution in [2.45, 2.75) is 51.0 Å². The van der Waals surface area contributed by atoms with Gasteiger partial charge in [-0.3, -0.25) is 4.79 Å². The molecule has 1 saturated heterocycles. The zero-order chi connectivity index (χ0) is 15.6. The van der Waals surface area contributed by atoms with Gasteiger partial charge >= 0.3 is 0 Å². The predicted molar refractivity (Wildman–Crippen MR) is 106 cm³/mol. The smallest absolute Gasteiger partial charge is 0.220 e. The molecule has 0 radical (unpaired) electrons. The molecule has 0 bridgehead atoms. The second-order valence-corrected chi connectivity index (χ2v) is 6.12. The quantitative estimate of drug-likeness (QED) is 0.683. The molecule has 138 valence electrons. The fourth-order valence-electron chi connectivity index (χ4n) is 3.00. The molecule has 1 heterocycles. The Balaban J connectivity index is 0.00000264. The number of para-hydroxylation sites is 1. The Hall–Kier alpha value is -0.970. The maximum absolute atomic E-state index is 11.9. The minimum atomic E-state index is 0. The number of nitrogens with zero attached hydrogens (tertiary/aromatic N) is 1. The Kier molecular flexibility index (Phi) is 12.8. The van der Waals surface area contributed by atoms with E-state index in [4.69, 9.17) is 5.73 Å². The van der Waals surface area contributed by atoms with E-state index >= 15 is 0 Å². The average molecular weight is 376 g/mol. The number of nitrogens with two attached hydrogens (primary N) is 1. The van der Waals surface area contributed by atoms with E-state index in [9.17, 15) is 4.79 Å². The molecule has 0 aliphatic carbocycles. The van der Waals surface area contributed by atoms with Crippen LogP contribution in [0.4, 0.5) is 5.69 Å². The first-order valence-electron chi connectivity index (χ1n) is 8.59. The number of carbonyl (C=O) groups excluding carboxylic acids is 1. The molecule has 1 aliphatic heterocycles. The number of rotatable bonds is 8. The summed E-state index contributed by atoms with van der Waals surface area (Å²) in [5, 5.41) is 3.19. The summed E-state index contributed by atoms with van der Waals surface area (Å²) in [6, 6.07) is 10.9. The van der Waals surface area contributed by atoms with Crippen LogP contribution < -0.4 is 16.0 Å². The van der Waals surface area contributed by atoms with Crippen LogP contribution in [0.3, 0.4) is 0 Å². The van der Waals surface area contributed by atoms with E-state index in [2.05, 4.69) is 34.5 Å². The van der Waals surface area contributed by atoms with Gasteiger partial charge in [0.15, 0.2) is 0 Å². The van der Waals surface area contributed by atoms with Gasteiger partial charge in [-0.2, -0.15) is 0 Å². The van der Waals surface area contributed by atoms with Crippen molar-refractivity contribution in [3.05, 3.63) is 30.3 Å². The van der Waals surface area contributed by atoms with E-state index in [0.29, 0.717) is 12.5 Å². The van der Waals surface area contributed by atoms with Crippen molar-refractivity contribution in [2.24, 2.45) is 5.73 Å². The van der Waals surface area contributed by atoms with Gasteiger partial charge in [0.1, 0.15) is 0 Å². The van der Waals surface area contributed by atoms with Gasteiger partial charge in [0.25, 0.3) is 0 Å². The maximum Gasteiger partial charge on any atom is 0.220 e. The Morgan fingerprint density at radius 1 is 1.04 bits per heavy atom. The zero-order valence-corrected chi connectivity index (χ0v) is 15.9. The van der Waals surface area contributed by atoms with Crippen LogP contribution in [0.5, 0.6) is 0 Å². The van der Waals surface area contributed by atoms with Gasteiger partial charge in [-0.15, -0.1) is 24.8 Å². The fourth-order valence-corrected chi connectivity index (χ4v) is 3.00. The van der Waals surface area contributed by atoms with Crippen LogP contribution in [0.1, 0.15) is 44.9 Å². The highest BCUT2D eigenvalue weighted by Gasteiger charge is 2.20. The third kappa shape index (κ3) is 8.22. The van der Waals surface area contributed by atoms with Crippen molar-refractivity contribution in [1.29, 1.82) is 0 Å². The summed E-state index contributed by atoms with van der Waals surface area (Å²) in [7, 11) is 0. The van der Waals surface area contributed by atoms with Crippen LogP contribution in [-0.2, 0) is 4.79 Å². The predicted octanol–water partition coefficient (Wildman–Crippen LogP) is 3.52. The minimum absolute atomic E-state index is 0. The van der Waals surface area contributed by atoms with E-state index in [0.717, 1.165) is 58.2 Å². The number of anilines is 1. The zero-order valence-electron chi connectivity index (χ0n) is 14.3. The fraction of sp³-hybridized carbons (Fsp3) is 0.611. The highest BCUT2D eigenvalue weighted by atomic mass is 35.5. The van der Waals surface area contributed by atoms with Crippen LogP contribution >= 0.6 is 24.8 Å². The summed E-state index contributed by atoms with van der Waals surface area (Å²) in [6.07, 6.45) is 7.02. The first-order chi connectivity index (χ1) is 10.8. The van der Waals surface area contributed by atoms with Gasteiger partial charge in [-0.05, 0) is 44.4 Å². The van der Waals surface area contributed by atoms with Gasteiger partial charge in [-0.25, -0.2) is 0 Å². The molecule has 1 aromatic rings. The molecule has 1 fully saturated rings. The number of unbranched alkanes of at least 4 members (excludes halogenated alkanes) is 3. The molecule has 0 unspecified atom stereocenters. The number of piperidine rings is 1. The number of nitrogens with one attached hydrogen (secondary N) is 1. The molecule has 0 spiro atoms. The molecular formula is C18H31Cl2N3O. The Labute approximate surface area is 158 Å². The van der Waals surface area contributed by atoms with Gasteiger partial charge in [0.2, 0.25) is 5.91 Å². The molecule has 6 heteroatoms. The third-order valence-electron chi connectivity index (χ3n) is 4.34. The summed E-state index contributed by atoms with van der Waals surface area (Å²) in [5.74, 6) is 0.214. The van der Waals surface area contributed by atoms with Gasteiger partial charge in [0.05, 0.1) is 0 Å². The summed E-state index contributed by atoms with van der Waals surface area (Å²) < 4.78 is 0. The van der Waals surface area contributed by atoms with Gasteiger partial charge < -0.3 is 16.0 Å². The van der Waals surface area contributed by atoms with E-state index < -0.39 is 0 Å². The summed E-state index contributed by atoms with van der Waals surface area (Å²) in [5.41, 5.74) is 6.75. The van der Waals surface area contributed by atoms with E-state index in [1.165, 1.54) is 5.69 Å². The highest BCUT2D eigenvalue weighted by Crippen LogP contribution is 2.19. The molecule has 1 aliphatic rings. The lowest BCUT2D eigenvalue weighted by Crippen LogP contribution is -2.44. The Morgan fingerprint density at radius 3 is 2.29 bits per heavy atom. The van der Waals surface area contributed by atoms with Crippen molar-refractivity contribution in [2.75, 3.05) is 24.5 Å². The lowest BCUT2D eigenvalue weighted by molar-refractivity contribution is -0.122. The molecular weight excluding hydrogens is 345 g/mol. The SMILES string of the molecule is Cl.Cl.NCCCCCCC(=O)NC1CCN(c2ccccc2)CC1. The number of hydrogen-bond acceptors (Lipinski definition) is 3. The molecule has 24 heavy (non-hydrogen) atoms. The molecule has 3 N–H and O–H groups in total. The Bertz CT molecular complexity index is 437. The number of benzene rings is 1. The molecule has 4 nitrogen and oxygen atoms in total. The molecule has 1 amide bonds. The standard InChI is InChI=1S/C18H29N3O.2ClH/c19-13-7-2-1-6-10-18(22)20-16-11-14-21(15-12-16)17-8-4-3-5-9-17;;/h3-5,8-9,16H,1-2,6-7,10-15,19H2,(H,20,22);2*1H. The first-order valence-corrected chi connectivity index (χ1v) is 8.59. The van der Waals surface area contributed by atoms with Crippen LogP contribution in [0, 0.1) is 0 Å². The lowest BCUT2D eigenvalue weighted by atomic mass is 10.0. The highest BCUT2D eigenvalue weighted by molar-refractivity contribution is 5.85. The molecule has 1 aromatic carbocycles. The van der Waals surface area contributed by atoms with Crippen molar-refractivity contribution >= 4 is 36.4 Å². The van der Waals surface area contributed by atoms with Crippen molar-refractivity contribution < 1.29 is 4.79 Å². The summed E-state index contributed by atoms with van der Waals surface area (Å²) in [4.78, 5) is 14.3. The van der Waals surface area contributed by atoms with Gasteiger partial charge in [0, 0.05) is 31.2 Å². The summed E-state index contributed by atoms with van der Waals surface area (Å²) in [6.45, 7) is 2.79. The van der Waals surface area contributed by atoms with Crippen molar-refractivity contribution in [3.8, 4) is 0 Å². The van der Waals surface area contributed by atoms with E-state index in [1.54, 1.807) is 0 Å². The van der Waals surface area contributed by atoms with Crippen LogP contribution in [0.2, 0.25) is 0 Å². The lowest BCUT2D eigenvalue weighted by Gasteiger charge is -2.34. The van der Waals surface area contributed by atoms with Crippen LogP contribution in [0.15, 0.2) is 30.3 Å².